The number of morpholine rings is 1. The van der Waals surface area contributed by atoms with Crippen LogP contribution in [0.15, 0.2) is 24.3 Å². The summed E-state index contributed by atoms with van der Waals surface area (Å²) in [4.78, 5) is 2.44. The van der Waals surface area contributed by atoms with Gasteiger partial charge in [-0.3, -0.25) is 4.90 Å². The first kappa shape index (κ1) is 19.2. The predicted molar refractivity (Wildman–Crippen MR) is 104 cm³/mol. The van der Waals surface area contributed by atoms with E-state index in [0.29, 0.717) is 0 Å². The highest BCUT2D eigenvalue weighted by Crippen LogP contribution is 2.22. The number of nitrogens with zero attached hydrogens (tertiary/aromatic N) is 1. The molecule has 0 spiro atoms. The van der Waals surface area contributed by atoms with Crippen molar-refractivity contribution in [3.05, 3.63) is 35.4 Å². The van der Waals surface area contributed by atoms with Crippen LogP contribution in [0.1, 0.15) is 38.3 Å². The van der Waals surface area contributed by atoms with Crippen LogP contribution >= 0.6 is 12.2 Å². The van der Waals surface area contributed by atoms with Crippen molar-refractivity contribution in [1.82, 2.24) is 15.5 Å². The van der Waals surface area contributed by atoms with Crippen LogP contribution in [0.5, 0.6) is 0 Å². The van der Waals surface area contributed by atoms with E-state index in [1.54, 1.807) is 0 Å². The molecule has 1 aliphatic rings. The molecule has 1 aliphatic heterocycles. The van der Waals surface area contributed by atoms with Gasteiger partial charge < -0.3 is 15.4 Å². The SMILES string of the molecule is CC(C)(C)c1ccc(CNC(=S)NCCCN2CCOCC2)cc1. The first-order valence-electron chi connectivity index (χ1n) is 8.86. The fourth-order valence-electron chi connectivity index (χ4n) is 2.70. The molecular weight excluding hydrogens is 318 g/mol. The first-order chi connectivity index (χ1) is 11.4. The van der Waals surface area contributed by atoms with E-state index in [4.69, 9.17) is 17.0 Å². The summed E-state index contributed by atoms with van der Waals surface area (Å²) in [6, 6.07) is 8.76. The lowest BCUT2D eigenvalue weighted by Crippen LogP contribution is -2.39. The highest BCUT2D eigenvalue weighted by atomic mass is 32.1. The molecule has 0 aromatic heterocycles. The normalized spacial score (nSPS) is 16.0. The minimum Gasteiger partial charge on any atom is -0.379 e. The van der Waals surface area contributed by atoms with Crippen LogP contribution in [0.2, 0.25) is 0 Å². The molecule has 1 fully saturated rings. The van der Waals surface area contributed by atoms with E-state index in [-0.39, 0.29) is 5.41 Å². The molecule has 24 heavy (non-hydrogen) atoms. The van der Waals surface area contributed by atoms with Gasteiger partial charge in [-0.15, -0.1) is 0 Å². The van der Waals surface area contributed by atoms with Crippen molar-refractivity contribution in [1.29, 1.82) is 0 Å². The highest BCUT2D eigenvalue weighted by Gasteiger charge is 2.12. The molecule has 1 heterocycles. The summed E-state index contributed by atoms with van der Waals surface area (Å²) in [6.45, 7) is 13.3. The van der Waals surface area contributed by atoms with Crippen LogP contribution < -0.4 is 10.6 Å². The van der Waals surface area contributed by atoms with E-state index in [1.807, 2.05) is 0 Å². The first-order valence-corrected chi connectivity index (χ1v) is 9.27. The summed E-state index contributed by atoms with van der Waals surface area (Å²) in [7, 11) is 0. The highest BCUT2D eigenvalue weighted by molar-refractivity contribution is 7.80. The predicted octanol–water partition coefficient (Wildman–Crippen LogP) is 2.67. The number of rotatable bonds is 6. The van der Waals surface area contributed by atoms with E-state index in [9.17, 15) is 0 Å². The Bertz CT molecular complexity index is 504. The van der Waals surface area contributed by atoms with Gasteiger partial charge in [0.15, 0.2) is 5.11 Å². The Morgan fingerprint density at radius 3 is 2.42 bits per heavy atom. The van der Waals surface area contributed by atoms with Crippen LogP contribution in [0, 0.1) is 0 Å². The second kappa shape index (κ2) is 9.35. The van der Waals surface area contributed by atoms with Crippen LogP contribution in [-0.2, 0) is 16.7 Å². The Balaban J connectivity index is 1.60. The zero-order valence-electron chi connectivity index (χ0n) is 15.2. The van der Waals surface area contributed by atoms with Gasteiger partial charge in [-0.05, 0) is 41.7 Å². The second-order valence-corrected chi connectivity index (χ2v) is 7.77. The summed E-state index contributed by atoms with van der Waals surface area (Å²) >= 11 is 5.35. The van der Waals surface area contributed by atoms with Gasteiger partial charge in [0.2, 0.25) is 0 Å². The van der Waals surface area contributed by atoms with Gasteiger partial charge >= 0.3 is 0 Å². The van der Waals surface area contributed by atoms with Crippen molar-refractivity contribution in [2.24, 2.45) is 0 Å². The zero-order chi connectivity index (χ0) is 17.4. The minimum absolute atomic E-state index is 0.198. The van der Waals surface area contributed by atoms with Crippen LogP contribution in [-0.4, -0.2) is 49.4 Å². The lowest BCUT2D eigenvalue weighted by Gasteiger charge is -2.26. The van der Waals surface area contributed by atoms with Crippen LogP contribution in [0.4, 0.5) is 0 Å². The summed E-state index contributed by atoms with van der Waals surface area (Å²) in [6.07, 6.45) is 1.10. The molecule has 0 unspecified atom stereocenters. The van der Waals surface area contributed by atoms with E-state index >= 15 is 0 Å². The Morgan fingerprint density at radius 1 is 1.12 bits per heavy atom. The van der Waals surface area contributed by atoms with Crippen molar-refractivity contribution in [2.75, 3.05) is 39.4 Å². The molecular formula is C19H31N3OS. The maximum absolute atomic E-state index is 5.36. The Hall–Kier alpha value is -1.17. The fourth-order valence-corrected chi connectivity index (χ4v) is 2.87. The molecule has 1 aromatic rings. The van der Waals surface area contributed by atoms with E-state index in [1.165, 1.54) is 11.1 Å². The van der Waals surface area contributed by atoms with Gasteiger partial charge in [-0.25, -0.2) is 0 Å². The van der Waals surface area contributed by atoms with Gasteiger partial charge in [-0.2, -0.15) is 0 Å². The number of benzene rings is 1. The van der Waals surface area contributed by atoms with Gasteiger partial charge in [0.25, 0.3) is 0 Å². The van der Waals surface area contributed by atoms with Crippen LogP contribution in [0.3, 0.4) is 0 Å². The van der Waals surface area contributed by atoms with Crippen LogP contribution in [0.25, 0.3) is 0 Å². The van der Waals surface area contributed by atoms with Gasteiger partial charge in [0, 0.05) is 26.2 Å². The topological polar surface area (TPSA) is 36.5 Å². The fraction of sp³-hybridized carbons (Fsp3) is 0.632. The number of hydrogen-bond donors (Lipinski definition) is 2. The molecule has 0 aliphatic carbocycles. The van der Waals surface area contributed by atoms with Crippen molar-refractivity contribution < 1.29 is 4.74 Å². The minimum atomic E-state index is 0.198. The average Bonchev–Trinajstić information content (AvgIpc) is 2.57. The van der Waals surface area contributed by atoms with E-state index in [0.717, 1.165) is 57.5 Å². The molecule has 0 saturated carbocycles. The van der Waals surface area contributed by atoms with Gasteiger partial charge in [-0.1, -0.05) is 45.0 Å². The molecule has 0 radical (unpaired) electrons. The standard InChI is InChI=1S/C19H31N3OS/c1-19(2,3)17-7-5-16(6-8-17)15-21-18(24)20-9-4-10-22-11-13-23-14-12-22/h5-8H,4,9-15H2,1-3H3,(H2,20,21,24). The summed E-state index contributed by atoms with van der Waals surface area (Å²) in [5, 5.41) is 7.31. The maximum Gasteiger partial charge on any atom is 0.166 e. The molecule has 0 amide bonds. The summed E-state index contributed by atoms with van der Waals surface area (Å²) in [5.74, 6) is 0. The third kappa shape index (κ3) is 6.75. The lowest BCUT2D eigenvalue weighted by atomic mass is 9.87. The number of ether oxygens (including phenoxy) is 1. The average molecular weight is 350 g/mol. The third-order valence-electron chi connectivity index (χ3n) is 4.31. The van der Waals surface area contributed by atoms with Crippen molar-refractivity contribution in [3.63, 3.8) is 0 Å². The second-order valence-electron chi connectivity index (χ2n) is 7.36. The van der Waals surface area contributed by atoms with Gasteiger partial charge in [0.1, 0.15) is 0 Å². The molecule has 1 aromatic carbocycles. The molecule has 2 N–H and O–H groups in total. The summed E-state index contributed by atoms with van der Waals surface area (Å²) in [5.41, 5.74) is 2.80. The largest absolute Gasteiger partial charge is 0.379 e. The summed E-state index contributed by atoms with van der Waals surface area (Å²) < 4.78 is 5.36. The molecule has 5 heteroatoms. The van der Waals surface area contributed by atoms with E-state index in [2.05, 4.69) is 60.6 Å². The van der Waals surface area contributed by atoms with E-state index < -0.39 is 0 Å². The Labute approximate surface area is 152 Å². The third-order valence-corrected chi connectivity index (χ3v) is 4.60. The maximum atomic E-state index is 5.36. The molecule has 1 saturated heterocycles. The van der Waals surface area contributed by atoms with Crippen molar-refractivity contribution in [2.45, 2.75) is 39.2 Å². The molecule has 134 valence electrons. The number of hydrogen-bond acceptors (Lipinski definition) is 3. The molecule has 2 rings (SSSR count). The lowest BCUT2D eigenvalue weighted by molar-refractivity contribution is 0.0376. The van der Waals surface area contributed by atoms with Crippen molar-refractivity contribution in [3.8, 4) is 0 Å². The van der Waals surface area contributed by atoms with Crippen molar-refractivity contribution >= 4 is 17.3 Å². The molecule has 4 nitrogen and oxygen atoms in total. The van der Waals surface area contributed by atoms with Gasteiger partial charge in [0.05, 0.1) is 13.2 Å². The Morgan fingerprint density at radius 2 is 1.79 bits per heavy atom. The molecule has 0 bridgehead atoms. The monoisotopic (exact) mass is 349 g/mol. The molecule has 0 atom stereocenters. The number of thiocarbonyl (C=S) groups is 1. The zero-order valence-corrected chi connectivity index (χ0v) is 16.0. The Kier molecular flexibility index (Phi) is 7.46. The quantitative estimate of drug-likeness (QED) is 0.610. The number of nitrogens with one attached hydrogen (secondary N) is 2. The smallest absolute Gasteiger partial charge is 0.166 e.